The Kier molecular flexibility index (Phi) is 5.58. The van der Waals surface area contributed by atoms with Gasteiger partial charge < -0.3 is 4.79 Å². The summed E-state index contributed by atoms with van der Waals surface area (Å²) in [7, 11) is -3.63. The van der Waals surface area contributed by atoms with Crippen LogP contribution >= 0.6 is 0 Å². The zero-order valence-electron chi connectivity index (χ0n) is 19.3. The van der Waals surface area contributed by atoms with E-state index in [1.807, 2.05) is 0 Å². The second kappa shape index (κ2) is 7.19. The SMILES string of the molecule is CC(=O)C[C@@]12CN(S(=O)(=O)c3c(C(C)C)cc(C(C)C)cc3C(C)C)C[C@]1(C)C2. The van der Waals surface area contributed by atoms with Crippen LogP contribution in [0.5, 0.6) is 0 Å². The average Bonchev–Trinajstić information content (AvgIpc) is 3.02. The number of fused-ring (bicyclic) bond motifs is 1. The topological polar surface area (TPSA) is 54.5 Å². The Morgan fingerprint density at radius 3 is 1.93 bits per heavy atom. The van der Waals surface area contributed by atoms with E-state index in [-0.39, 0.29) is 28.4 Å². The highest BCUT2D eigenvalue weighted by Gasteiger charge is 2.70. The normalized spacial score (nSPS) is 27.1. The van der Waals surface area contributed by atoms with E-state index in [9.17, 15) is 13.2 Å². The molecule has 0 aromatic heterocycles. The summed E-state index contributed by atoms with van der Waals surface area (Å²) >= 11 is 0. The zero-order valence-corrected chi connectivity index (χ0v) is 20.1. The highest BCUT2D eigenvalue weighted by atomic mass is 32.2. The number of Topliss-reactive ketones (excluding diaryl/α,β-unsaturated/α-hetero) is 1. The van der Waals surface area contributed by atoms with Crippen molar-refractivity contribution in [2.24, 2.45) is 10.8 Å². The number of benzene rings is 1. The number of hydrogen-bond donors (Lipinski definition) is 0. The van der Waals surface area contributed by atoms with Gasteiger partial charge in [-0.2, -0.15) is 4.31 Å². The number of hydrogen-bond acceptors (Lipinski definition) is 3. The Labute approximate surface area is 177 Å². The van der Waals surface area contributed by atoms with Crippen LogP contribution in [0, 0.1) is 10.8 Å². The second-order valence-electron chi connectivity index (χ2n) is 10.7. The molecule has 162 valence electrons. The molecule has 1 heterocycles. The predicted molar refractivity (Wildman–Crippen MR) is 118 cm³/mol. The van der Waals surface area contributed by atoms with Crippen molar-refractivity contribution in [1.82, 2.24) is 4.31 Å². The van der Waals surface area contributed by atoms with Crippen LogP contribution in [0.15, 0.2) is 17.0 Å². The third kappa shape index (κ3) is 3.69. The Morgan fingerprint density at radius 2 is 1.52 bits per heavy atom. The van der Waals surface area contributed by atoms with Crippen molar-refractivity contribution in [3.8, 4) is 0 Å². The van der Waals surface area contributed by atoms with Crippen LogP contribution in [0.3, 0.4) is 0 Å². The molecule has 1 saturated heterocycles. The Bertz CT molecular complexity index is 902. The van der Waals surface area contributed by atoms with Crippen molar-refractivity contribution in [3.05, 3.63) is 28.8 Å². The number of carbonyl (C=O) groups is 1. The standard InChI is InChI=1S/C24H37NO3S/c1-15(2)19-9-20(16(3)4)22(21(10-19)17(5)6)29(27,28)25-13-23(8)12-24(23,14-25)11-18(7)26/h9-10,15-17H,11-14H2,1-8H3/t23-,24+/m0/s1. The van der Waals surface area contributed by atoms with Gasteiger partial charge >= 0.3 is 0 Å². The molecule has 0 radical (unpaired) electrons. The van der Waals surface area contributed by atoms with E-state index in [4.69, 9.17) is 0 Å². The van der Waals surface area contributed by atoms with Crippen LogP contribution in [0.1, 0.15) is 103 Å². The van der Waals surface area contributed by atoms with Gasteiger partial charge in [0.05, 0.1) is 4.90 Å². The molecule has 4 nitrogen and oxygen atoms in total. The minimum atomic E-state index is -3.63. The first-order valence-electron chi connectivity index (χ1n) is 10.9. The molecule has 0 spiro atoms. The molecule has 0 unspecified atom stereocenters. The second-order valence-corrected chi connectivity index (χ2v) is 12.5. The van der Waals surface area contributed by atoms with E-state index in [1.165, 1.54) is 5.56 Å². The highest BCUT2D eigenvalue weighted by molar-refractivity contribution is 7.89. The van der Waals surface area contributed by atoms with Crippen LogP contribution in [-0.4, -0.2) is 31.6 Å². The molecule has 5 heteroatoms. The summed E-state index contributed by atoms with van der Waals surface area (Å²) < 4.78 is 29.6. The highest BCUT2D eigenvalue weighted by Crippen LogP contribution is 2.70. The molecule has 1 aliphatic heterocycles. The average molecular weight is 420 g/mol. The van der Waals surface area contributed by atoms with E-state index in [1.54, 1.807) is 11.2 Å². The van der Waals surface area contributed by atoms with Crippen LogP contribution < -0.4 is 0 Å². The molecule has 2 aliphatic rings. The predicted octanol–water partition coefficient (Wildman–Crippen LogP) is 5.44. The van der Waals surface area contributed by atoms with Crippen molar-refractivity contribution < 1.29 is 13.2 Å². The largest absolute Gasteiger partial charge is 0.300 e. The maximum Gasteiger partial charge on any atom is 0.243 e. The quantitative estimate of drug-likeness (QED) is 0.591. The van der Waals surface area contributed by atoms with E-state index >= 15 is 0 Å². The fourth-order valence-corrected chi connectivity index (χ4v) is 7.57. The molecule has 1 aromatic carbocycles. The Balaban J connectivity index is 2.11. The third-order valence-corrected chi connectivity index (χ3v) is 9.08. The summed E-state index contributed by atoms with van der Waals surface area (Å²) in [4.78, 5) is 12.3. The van der Waals surface area contributed by atoms with Crippen LogP contribution in [0.4, 0.5) is 0 Å². The third-order valence-electron chi connectivity index (χ3n) is 7.15. The number of ketones is 1. The monoisotopic (exact) mass is 419 g/mol. The van der Waals surface area contributed by atoms with E-state index < -0.39 is 10.0 Å². The molecule has 1 saturated carbocycles. The van der Waals surface area contributed by atoms with Crippen LogP contribution in [-0.2, 0) is 14.8 Å². The van der Waals surface area contributed by atoms with Gasteiger partial charge in [0.1, 0.15) is 5.78 Å². The van der Waals surface area contributed by atoms with Gasteiger partial charge in [0.25, 0.3) is 0 Å². The molecule has 0 amide bonds. The summed E-state index contributed by atoms with van der Waals surface area (Å²) in [6.07, 6.45) is 1.43. The number of rotatable bonds is 7. The molecule has 1 aromatic rings. The molecule has 3 rings (SSSR count). The van der Waals surface area contributed by atoms with Gasteiger partial charge in [-0.05, 0) is 58.6 Å². The van der Waals surface area contributed by atoms with Crippen molar-refractivity contribution in [1.29, 1.82) is 0 Å². The first-order valence-corrected chi connectivity index (χ1v) is 12.4. The van der Waals surface area contributed by atoms with E-state index in [2.05, 4.69) is 60.6 Å². The van der Waals surface area contributed by atoms with Gasteiger partial charge in [0, 0.05) is 19.5 Å². The molecule has 0 N–H and O–H groups in total. The van der Waals surface area contributed by atoms with Gasteiger partial charge in [-0.15, -0.1) is 0 Å². The lowest BCUT2D eigenvalue weighted by atomic mass is 9.89. The molecule has 29 heavy (non-hydrogen) atoms. The summed E-state index contributed by atoms with van der Waals surface area (Å²) in [5.41, 5.74) is 2.80. The molecule has 0 bridgehead atoms. The van der Waals surface area contributed by atoms with Gasteiger partial charge in [0.2, 0.25) is 10.0 Å². The summed E-state index contributed by atoms with van der Waals surface area (Å²) in [5, 5.41) is 0. The van der Waals surface area contributed by atoms with Crippen molar-refractivity contribution in [2.45, 2.75) is 90.9 Å². The number of piperidine rings is 1. The van der Waals surface area contributed by atoms with Crippen LogP contribution in [0.25, 0.3) is 0 Å². The number of nitrogens with zero attached hydrogens (tertiary/aromatic N) is 1. The fourth-order valence-electron chi connectivity index (χ4n) is 5.25. The maximum atomic E-state index is 13.9. The molecule has 1 aliphatic carbocycles. The maximum absolute atomic E-state index is 13.9. The minimum absolute atomic E-state index is 0.0698. The van der Waals surface area contributed by atoms with E-state index in [0.717, 1.165) is 17.5 Å². The van der Waals surface area contributed by atoms with Gasteiger partial charge in [0.15, 0.2) is 0 Å². The summed E-state index contributed by atoms with van der Waals surface area (Å²) in [6, 6.07) is 4.19. The lowest BCUT2D eigenvalue weighted by molar-refractivity contribution is -0.118. The van der Waals surface area contributed by atoms with Gasteiger partial charge in [-0.1, -0.05) is 60.6 Å². The van der Waals surface area contributed by atoms with Crippen LogP contribution in [0.2, 0.25) is 0 Å². The molecule has 2 atom stereocenters. The lowest BCUT2D eigenvalue weighted by Crippen LogP contribution is -2.34. The Hall–Kier alpha value is -1.20. The molecular weight excluding hydrogens is 382 g/mol. The zero-order chi connectivity index (χ0) is 21.9. The molecule has 2 fully saturated rings. The summed E-state index contributed by atoms with van der Waals surface area (Å²) in [5.74, 6) is 0.740. The van der Waals surface area contributed by atoms with Gasteiger partial charge in [-0.3, -0.25) is 0 Å². The first-order chi connectivity index (χ1) is 13.2. The van der Waals surface area contributed by atoms with Gasteiger partial charge in [-0.25, -0.2) is 8.42 Å². The lowest BCUT2D eigenvalue weighted by Gasteiger charge is -2.27. The van der Waals surface area contributed by atoms with E-state index in [0.29, 0.717) is 30.3 Å². The summed E-state index contributed by atoms with van der Waals surface area (Å²) in [6.45, 7) is 17.3. The smallest absolute Gasteiger partial charge is 0.243 e. The fraction of sp³-hybridized carbons (Fsp3) is 0.708. The number of sulfonamides is 1. The first kappa shape index (κ1) is 22.5. The minimum Gasteiger partial charge on any atom is -0.300 e. The van der Waals surface area contributed by atoms with Crippen molar-refractivity contribution in [3.63, 3.8) is 0 Å². The van der Waals surface area contributed by atoms with Crippen molar-refractivity contribution >= 4 is 15.8 Å². The molecular formula is C24H37NO3S. The Morgan fingerprint density at radius 1 is 1.00 bits per heavy atom. The van der Waals surface area contributed by atoms with Crippen molar-refractivity contribution in [2.75, 3.05) is 13.1 Å². The number of carbonyl (C=O) groups excluding carboxylic acids is 1.